The molecule has 1 heterocycles. The number of rotatable bonds is 1. The Morgan fingerprint density at radius 1 is 1.11 bits per heavy atom. The Labute approximate surface area is 109 Å². The summed E-state index contributed by atoms with van der Waals surface area (Å²) in [6.45, 7) is 1.91. The van der Waals surface area contributed by atoms with Gasteiger partial charge in [-0.3, -0.25) is 4.57 Å². The van der Waals surface area contributed by atoms with Crippen LogP contribution in [0.3, 0.4) is 0 Å². The van der Waals surface area contributed by atoms with Crippen molar-refractivity contribution in [2.75, 3.05) is 0 Å². The minimum atomic E-state index is -0.151. The fourth-order valence-electron chi connectivity index (χ4n) is 2.13. The molecule has 3 aromatic rings. The van der Waals surface area contributed by atoms with Crippen molar-refractivity contribution in [1.82, 2.24) is 9.55 Å². The van der Waals surface area contributed by atoms with E-state index in [2.05, 4.69) is 4.98 Å². The number of benzene rings is 2. The van der Waals surface area contributed by atoms with E-state index < -0.39 is 0 Å². The van der Waals surface area contributed by atoms with Gasteiger partial charge < -0.3 is 4.98 Å². The van der Waals surface area contributed by atoms with E-state index in [0.29, 0.717) is 5.02 Å². The van der Waals surface area contributed by atoms with Crippen molar-refractivity contribution in [3.8, 4) is 5.69 Å². The summed E-state index contributed by atoms with van der Waals surface area (Å²) in [5, 5.41) is 0.657. The second-order valence-electron chi connectivity index (χ2n) is 4.17. The first kappa shape index (κ1) is 11.1. The Morgan fingerprint density at radius 3 is 2.72 bits per heavy atom. The predicted octanol–water partition coefficient (Wildman–Crippen LogP) is 3.28. The van der Waals surface area contributed by atoms with Crippen LogP contribution in [0.4, 0.5) is 0 Å². The van der Waals surface area contributed by atoms with E-state index in [4.69, 9.17) is 11.6 Å². The van der Waals surface area contributed by atoms with Crippen molar-refractivity contribution >= 4 is 22.6 Å². The molecule has 0 aliphatic carbocycles. The summed E-state index contributed by atoms with van der Waals surface area (Å²) in [5.41, 5.74) is 3.23. The molecule has 2 aromatic carbocycles. The van der Waals surface area contributed by atoms with Gasteiger partial charge in [-0.2, -0.15) is 0 Å². The minimum absolute atomic E-state index is 0.151. The molecule has 0 amide bonds. The van der Waals surface area contributed by atoms with Gasteiger partial charge in [-0.05, 0) is 36.8 Å². The van der Waals surface area contributed by atoms with E-state index in [1.807, 2.05) is 49.4 Å². The molecule has 1 N–H and O–H groups in total. The van der Waals surface area contributed by atoms with Crippen molar-refractivity contribution in [3.63, 3.8) is 0 Å². The highest BCUT2D eigenvalue weighted by atomic mass is 35.5. The molecule has 0 saturated carbocycles. The van der Waals surface area contributed by atoms with Gasteiger partial charge in [0.15, 0.2) is 0 Å². The SMILES string of the molecule is Cc1c(Cl)cccc1-n1c(=O)[nH]c2ccccc21. The molecule has 0 spiro atoms. The molecule has 4 heteroatoms. The predicted molar refractivity (Wildman–Crippen MR) is 73.6 cm³/mol. The smallest absolute Gasteiger partial charge is 0.305 e. The molecule has 0 fully saturated rings. The van der Waals surface area contributed by atoms with Gasteiger partial charge in [0.1, 0.15) is 0 Å². The second-order valence-corrected chi connectivity index (χ2v) is 4.57. The Hall–Kier alpha value is -2.00. The van der Waals surface area contributed by atoms with E-state index in [1.54, 1.807) is 4.57 Å². The lowest BCUT2D eigenvalue weighted by Crippen LogP contribution is -2.15. The summed E-state index contributed by atoms with van der Waals surface area (Å²) in [6.07, 6.45) is 0. The molecule has 0 aliphatic rings. The standard InChI is InChI=1S/C14H11ClN2O/c1-9-10(15)5-4-8-12(9)17-13-7-3-2-6-11(13)16-14(17)18/h2-8H,1H3,(H,16,18). The third-order valence-corrected chi connectivity index (χ3v) is 3.48. The molecule has 0 unspecified atom stereocenters. The number of hydrogen-bond donors (Lipinski definition) is 1. The van der Waals surface area contributed by atoms with Crippen molar-refractivity contribution in [3.05, 3.63) is 63.5 Å². The second kappa shape index (κ2) is 4.03. The summed E-state index contributed by atoms with van der Waals surface area (Å²) in [4.78, 5) is 14.9. The number of para-hydroxylation sites is 2. The number of fused-ring (bicyclic) bond motifs is 1. The molecule has 90 valence electrons. The van der Waals surface area contributed by atoms with Gasteiger partial charge in [0.2, 0.25) is 0 Å². The van der Waals surface area contributed by atoms with Crippen LogP contribution in [0.25, 0.3) is 16.7 Å². The van der Waals surface area contributed by atoms with Crippen LogP contribution in [0.1, 0.15) is 5.56 Å². The summed E-state index contributed by atoms with van der Waals surface area (Å²) < 4.78 is 1.65. The van der Waals surface area contributed by atoms with Gasteiger partial charge in [0.05, 0.1) is 16.7 Å². The maximum atomic E-state index is 12.1. The van der Waals surface area contributed by atoms with E-state index in [0.717, 1.165) is 22.3 Å². The highest BCUT2D eigenvalue weighted by molar-refractivity contribution is 6.31. The maximum absolute atomic E-state index is 12.1. The number of hydrogen-bond acceptors (Lipinski definition) is 1. The van der Waals surface area contributed by atoms with Gasteiger partial charge in [-0.25, -0.2) is 4.79 Å². The van der Waals surface area contributed by atoms with Gasteiger partial charge >= 0.3 is 5.69 Å². The van der Waals surface area contributed by atoms with Crippen molar-refractivity contribution in [1.29, 1.82) is 0 Å². The summed E-state index contributed by atoms with van der Waals surface area (Å²) >= 11 is 6.11. The topological polar surface area (TPSA) is 37.8 Å². The molecule has 18 heavy (non-hydrogen) atoms. The molecule has 0 radical (unpaired) electrons. The normalized spacial score (nSPS) is 11.0. The third-order valence-electron chi connectivity index (χ3n) is 3.07. The first-order valence-electron chi connectivity index (χ1n) is 5.64. The van der Waals surface area contributed by atoms with Crippen LogP contribution in [0.15, 0.2) is 47.3 Å². The number of nitrogens with one attached hydrogen (secondary N) is 1. The van der Waals surface area contributed by atoms with Crippen LogP contribution in [0, 0.1) is 6.92 Å². The Kier molecular flexibility index (Phi) is 2.49. The van der Waals surface area contributed by atoms with Crippen LogP contribution >= 0.6 is 11.6 Å². The van der Waals surface area contributed by atoms with E-state index in [9.17, 15) is 4.79 Å². The van der Waals surface area contributed by atoms with Crippen LogP contribution in [-0.2, 0) is 0 Å². The number of aromatic amines is 1. The largest absolute Gasteiger partial charge is 0.331 e. The maximum Gasteiger partial charge on any atom is 0.331 e. The fraction of sp³-hybridized carbons (Fsp3) is 0.0714. The fourth-order valence-corrected chi connectivity index (χ4v) is 2.30. The molecular formula is C14H11ClN2O. The van der Waals surface area contributed by atoms with Gasteiger partial charge in [0, 0.05) is 5.02 Å². The molecule has 0 bridgehead atoms. The average Bonchev–Trinajstić information content (AvgIpc) is 2.69. The van der Waals surface area contributed by atoms with Crippen LogP contribution < -0.4 is 5.69 Å². The van der Waals surface area contributed by atoms with E-state index in [1.165, 1.54) is 0 Å². The zero-order valence-corrected chi connectivity index (χ0v) is 10.5. The zero-order valence-electron chi connectivity index (χ0n) is 9.77. The van der Waals surface area contributed by atoms with Crippen molar-refractivity contribution in [2.24, 2.45) is 0 Å². The minimum Gasteiger partial charge on any atom is -0.305 e. The van der Waals surface area contributed by atoms with Gasteiger partial charge in [-0.1, -0.05) is 29.8 Å². The number of nitrogens with zero attached hydrogens (tertiary/aromatic N) is 1. The van der Waals surface area contributed by atoms with Gasteiger partial charge in [0.25, 0.3) is 0 Å². The number of H-pyrrole nitrogens is 1. The quantitative estimate of drug-likeness (QED) is 0.715. The molecule has 1 aromatic heterocycles. The molecule has 0 saturated heterocycles. The van der Waals surface area contributed by atoms with Crippen molar-refractivity contribution in [2.45, 2.75) is 6.92 Å². The van der Waals surface area contributed by atoms with Crippen molar-refractivity contribution < 1.29 is 0 Å². The summed E-state index contributed by atoms with van der Waals surface area (Å²) in [5.74, 6) is 0. The average molecular weight is 259 g/mol. The van der Waals surface area contributed by atoms with E-state index in [-0.39, 0.29) is 5.69 Å². The highest BCUT2D eigenvalue weighted by Gasteiger charge is 2.11. The first-order chi connectivity index (χ1) is 8.68. The first-order valence-corrected chi connectivity index (χ1v) is 6.01. The lowest BCUT2D eigenvalue weighted by Gasteiger charge is -2.08. The highest BCUT2D eigenvalue weighted by Crippen LogP contribution is 2.23. The number of halogens is 1. The molecule has 0 aliphatic heterocycles. The van der Waals surface area contributed by atoms with Crippen LogP contribution in [-0.4, -0.2) is 9.55 Å². The van der Waals surface area contributed by atoms with Crippen LogP contribution in [0.5, 0.6) is 0 Å². The lowest BCUT2D eigenvalue weighted by molar-refractivity contribution is 1.00. The molecule has 3 rings (SSSR count). The Balaban J connectivity index is 2.42. The summed E-state index contributed by atoms with van der Waals surface area (Å²) in [6, 6.07) is 13.2. The Bertz CT molecular complexity index is 786. The van der Waals surface area contributed by atoms with Crippen LogP contribution in [0.2, 0.25) is 5.02 Å². The van der Waals surface area contributed by atoms with E-state index >= 15 is 0 Å². The molecule has 0 atom stereocenters. The number of imidazole rings is 1. The monoisotopic (exact) mass is 258 g/mol. The third kappa shape index (κ3) is 1.56. The molecule has 3 nitrogen and oxygen atoms in total. The number of aromatic nitrogens is 2. The summed E-state index contributed by atoms with van der Waals surface area (Å²) in [7, 11) is 0. The lowest BCUT2D eigenvalue weighted by atomic mass is 10.2. The zero-order chi connectivity index (χ0) is 12.7. The van der Waals surface area contributed by atoms with Gasteiger partial charge in [-0.15, -0.1) is 0 Å². The molecular weight excluding hydrogens is 248 g/mol. The Morgan fingerprint density at radius 2 is 1.89 bits per heavy atom.